The average molecular weight is 529 g/mol. The third-order valence-electron chi connectivity index (χ3n) is 5.93. The van der Waals surface area contributed by atoms with Crippen LogP contribution in [0.15, 0.2) is 55.0 Å². The first-order valence-electron chi connectivity index (χ1n) is 11.4. The van der Waals surface area contributed by atoms with Gasteiger partial charge in [-0.05, 0) is 41.8 Å². The second-order valence-corrected chi connectivity index (χ2v) is 8.72. The highest BCUT2D eigenvalue weighted by molar-refractivity contribution is 5.82. The number of nitrogens with one attached hydrogen (secondary N) is 2. The Labute approximate surface area is 213 Å². The molecule has 38 heavy (non-hydrogen) atoms. The molecule has 1 aliphatic heterocycles. The summed E-state index contributed by atoms with van der Waals surface area (Å²) in [6, 6.07) is 8.12. The van der Waals surface area contributed by atoms with Gasteiger partial charge in [0.25, 0.3) is 0 Å². The Morgan fingerprint density at radius 2 is 1.74 bits per heavy atom. The predicted octanol–water partition coefficient (Wildman–Crippen LogP) is 5.09. The number of hydrogen-bond acceptors (Lipinski definition) is 6. The molecule has 0 atom stereocenters. The van der Waals surface area contributed by atoms with E-state index < -0.39 is 23.7 Å². The van der Waals surface area contributed by atoms with Crippen molar-refractivity contribution in [2.24, 2.45) is 7.05 Å². The van der Waals surface area contributed by atoms with E-state index in [1.807, 2.05) is 0 Å². The third-order valence-corrected chi connectivity index (χ3v) is 5.93. The lowest BCUT2D eigenvalue weighted by Gasteiger charge is -2.29. The Kier molecular flexibility index (Phi) is 6.43. The number of halogens is 5. The highest BCUT2D eigenvalue weighted by Gasteiger charge is 2.43. The minimum atomic E-state index is -4.94. The molecule has 2 N–H and O–H groups in total. The standard InChI is InChI=1S/C25H20F5N7O/c1-36-12-16(10-32-36)21-11-31-24(34-20-8-17(26)7-18(27)9-20)35-22(21)33-19-3-2-14-4-5-37(13-15(14)6-19)23(38)25(28,29)30/h2-3,6-12H,4-5,13H2,1H3,(H2,31,33,34,35). The summed E-state index contributed by atoms with van der Waals surface area (Å²) in [6.45, 7) is -0.203. The topological polar surface area (TPSA) is 88.0 Å². The summed E-state index contributed by atoms with van der Waals surface area (Å²) >= 11 is 0. The summed E-state index contributed by atoms with van der Waals surface area (Å²) < 4.78 is 67.7. The number of anilines is 4. The number of aryl methyl sites for hydroxylation is 1. The monoisotopic (exact) mass is 529 g/mol. The van der Waals surface area contributed by atoms with E-state index in [0.717, 1.165) is 28.7 Å². The lowest BCUT2D eigenvalue weighted by molar-refractivity contribution is -0.186. The number of carbonyl (C=O) groups excluding carboxylic acids is 1. The number of alkyl halides is 3. The molecule has 0 radical (unpaired) electrons. The molecule has 13 heteroatoms. The zero-order chi connectivity index (χ0) is 27.0. The Bertz CT molecular complexity index is 1500. The van der Waals surface area contributed by atoms with E-state index >= 15 is 0 Å². The van der Waals surface area contributed by atoms with Crippen LogP contribution in [0.4, 0.5) is 45.1 Å². The van der Waals surface area contributed by atoms with Crippen molar-refractivity contribution in [2.75, 3.05) is 17.2 Å². The van der Waals surface area contributed by atoms with Gasteiger partial charge in [0, 0.05) is 61.1 Å². The quantitative estimate of drug-likeness (QED) is 0.351. The molecule has 196 valence electrons. The van der Waals surface area contributed by atoms with Crippen molar-refractivity contribution in [3.8, 4) is 11.1 Å². The fourth-order valence-corrected chi connectivity index (χ4v) is 4.19. The van der Waals surface area contributed by atoms with E-state index in [0.29, 0.717) is 34.6 Å². The van der Waals surface area contributed by atoms with Crippen molar-refractivity contribution >= 4 is 29.0 Å². The summed E-state index contributed by atoms with van der Waals surface area (Å²) in [5.74, 6) is -3.06. The molecule has 1 aliphatic rings. The van der Waals surface area contributed by atoms with E-state index in [1.165, 1.54) is 6.20 Å². The molecule has 1 amide bonds. The van der Waals surface area contributed by atoms with Crippen molar-refractivity contribution in [1.82, 2.24) is 24.6 Å². The highest BCUT2D eigenvalue weighted by atomic mass is 19.4. The number of benzene rings is 2. The van der Waals surface area contributed by atoms with Crippen molar-refractivity contribution in [3.05, 3.63) is 77.8 Å². The number of rotatable bonds is 5. The first-order chi connectivity index (χ1) is 18.0. The Balaban J connectivity index is 1.46. The molecule has 3 heterocycles. The van der Waals surface area contributed by atoms with Gasteiger partial charge in [-0.1, -0.05) is 6.07 Å². The largest absolute Gasteiger partial charge is 0.471 e. The van der Waals surface area contributed by atoms with Gasteiger partial charge in [-0.2, -0.15) is 23.3 Å². The van der Waals surface area contributed by atoms with Gasteiger partial charge in [0.2, 0.25) is 5.95 Å². The number of fused-ring (bicyclic) bond motifs is 1. The SMILES string of the molecule is Cn1cc(-c2cnc(Nc3cc(F)cc(F)c3)nc2Nc2ccc3c(c2)CN(C(=O)C(F)(F)F)CC3)cn1. The summed E-state index contributed by atoms with van der Waals surface area (Å²) in [4.78, 5) is 21.2. The lowest BCUT2D eigenvalue weighted by Crippen LogP contribution is -2.43. The minimum Gasteiger partial charge on any atom is -0.340 e. The molecule has 8 nitrogen and oxygen atoms in total. The first-order valence-corrected chi connectivity index (χ1v) is 11.4. The van der Waals surface area contributed by atoms with Gasteiger partial charge in [0.05, 0.1) is 6.20 Å². The van der Waals surface area contributed by atoms with Gasteiger partial charge < -0.3 is 15.5 Å². The zero-order valence-electron chi connectivity index (χ0n) is 19.9. The molecule has 5 rings (SSSR count). The van der Waals surface area contributed by atoms with Crippen LogP contribution in [0, 0.1) is 11.6 Å². The molecule has 0 aliphatic carbocycles. The van der Waals surface area contributed by atoms with Crippen LogP contribution in [-0.4, -0.2) is 43.3 Å². The van der Waals surface area contributed by atoms with E-state index in [1.54, 1.807) is 42.3 Å². The summed E-state index contributed by atoms with van der Waals surface area (Å²) in [7, 11) is 1.74. The van der Waals surface area contributed by atoms with Gasteiger partial charge in [-0.3, -0.25) is 9.48 Å². The fraction of sp³-hybridized carbons (Fsp3) is 0.200. The Morgan fingerprint density at radius 1 is 0.974 bits per heavy atom. The van der Waals surface area contributed by atoms with Crippen molar-refractivity contribution < 1.29 is 26.7 Å². The van der Waals surface area contributed by atoms with Crippen molar-refractivity contribution in [3.63, 3.8) is 0 Å². The number of nitrogens with zero attached hydrogens (tertiary/aromatic N) is 5. The average Bonchev–Trinajstić information content (AvgIpc) is 3.28. The van der Waals surface area contributed by atoms with Crippen LogP contribution < -0.4 is 10.6 Å². The van der Waals surface area contributed by atoms with Gasteiger partial charge >= 0.3 is 12.1 Å². The number of amides is 1. The maximum absolute atomic E-state index is 13.6. The van der Waals surface area contributed by atoms with Crippen LogP contribution in [0.3, 0.4) is 0 Å². The molecule has 4 aromatic rings. The van der Waals surface area contributed by atoms with Crippen LogP contribution in [0.2, 0.25) is 0 Å². The van der Waals surface area contributed by atoms with Gasteiger partial charge in [0.1, 0.15) is 17.5 Å². The smallest absolute Gasteiger partial charge is 0.340 e. The number of carbonyl (C=O) groups is 1. The van der Waals surface area contributed by atoms with Crippen molar-refractivity contribution in [1.29, 1.82) is 0 Å². The van der Waals surface area contributed by atoms with Gasteiger partial charge in [-0.15, -0.1) is 0 Å². The van der Waals surface area contributed by atoms with Crippen LogP contribution >= 0.6 is 0 Å². The number of hydrogen-bond donors (Lipinski definition) is 2. The number of aromatic nitrogens is 4. The minimum absolute atomic E-state index is 0.0229. The fourth-order valence-electron chi connectivity index (χ4n) is 4.19. The van der Waals surface area contributed by atoms with Crippen LogP contribution in [0.5, 0.6) is 0 Å². The molecule has 0 fully saturated rings. The third kappa shape index (κ3) is 5.41. The van der Waals surface area contributed by atoms with Crippen LogP contribution in [0.1, 0.15) is 11.1 Å². The van der Waals surface area contributed by atoms with E-state index in [2.05, 4.69) is 25.7 Å². The second kappa shape index (κ2) is 9.72. The van der Waals surface area contributed by atoms with Crippen LogP contribution in [-0.2, 0) is 24.8 Å². The predicted molar refractivity (Wildman–Crippen MR) is 129 cm³/mol. The highest BCUT2D eigenvalue weighted by Crippen LogP contribution is 2.32. The second-order valence-electron chi connectivity index (χ2n) is 8.72. The zero-order valence-corrected chi connectivity index (χ0v) is 19.9. The molecule has 0 bridgehead atoms. The maximum atomic E-state index is 13.6. The normalized spacial score (nSPS) is 13.3. The van der Waals surface area contributed by atoms with Crippen molar-refractivity contribution in [2.45, 2.75) is 19.1 Å². The molecule has 0 unspecified atom stereocenters. The molecule has 2 aromatic heterocycles. The summed E-state index contributed by atoms with van der Waals surface area (Å²) in [5, 5.41) is 10.1. The molecular weight excluding hydrogens is 509 g/mol. The van der Waals surface area contributed by atoms with Gasteiger partial charge in [-0.25, -0.2) is 13.8 Å². The lowest BCUT2D eigenvalue weighted by atomic mass is 9.99. The summed E-state index contributed by atoms with van der Waals surface area (Å²) in [5.41, 5.74) is 3.26. The molecule has 2 aromatic carbocycles. The maximum Gasteiger partial charge on any atom is 0.471 e. The first kappa shape index (κ1) is 25.1. The van der Waals surface area contributed by atoms with E-state index in [9.17, 15) is 26.7 Å². The molecule has 0 saturated heterocycles. The molecule has 0 spiro atoms. The molecule has 0 saturated carbocycles. The Hall–Kier alpha value is -4.55. The van der Waals surface area contributed by atoms with E-state index in [-0.39, 0.29) is 24.7 Å². The Morgan fingerprint density at radius 3 is 2.42 bits per heavy atom. The van der Waals surface area contributed by atoms with Gasteiger partial charge in [0.15, 0.2) is 0 Å². The van der Waals surface area contributed by atoms with Crippen LogP contribution in [0.25, 0.3) is 11.1 Å². The molecular formula is C25H20F5N7O. The summed E-state index contributed by atoms with van der Waals surface area (Å²) in [6.07, 6.45) is 0.205. The van der Waals surface area contributed by atoms with E-state index in [4.69, 9.17) is 0 Å².